The predicted octanol–water partition coefficient (Wildman–Crippen LogP) is 1.94. The molecule has 23 heavy (non-hydrogen) atoms. The zero-order valence-corrected chi connectivity index (χ0v) is 12.9. The minimum Gasteiger partial charge on any atom is -0.493 e. The summed E-state index contributed by atoms with van der Waals surface area (Å²) in [5, 5.41) is 2.87. The summed E-state index contributed by atoms with van der Waals surface area (Å²) in [4.78, 5) is 22.4. The van der Waals surface area contributed by atoms with E-state index in [1.807, 2.05) is 14.1 Å². The first-order valence-corrected chi connectivity index (χ1v) is 7.27. The van der Waals surface area contributed by atoms with E-state index in [-0.39, 0.29) is 23.5 Å². The van der Waals surface area contributed by atoms with E-state index < -0.39 is 0 Å². The molecular weight excluding hydrogens is 299 g/mol. The van der Waals surface area contributed by atoms with Crippen LogP contribution in [-0.4, -0.2) is 36.6 Å². The summed E-state index contributed by atoms with van der Waals surface area (Å²) in [6, 6.07) is 4.00. The lowest BCUT2D eigenvalue weighted by molar-refractivity contribution is 0.0919. The highest BCUT2D eigenvalue weighted by Crippen LogP contribution is 2.32. The zero-order valence-electron chi connectivity index (χ0n) is 12.9. The third-order valence-electron chi connectivity index (χ3n) is 3.65. The fraction of sp³-hybridized carbons (Fsp3) is 0.312. The molecule has 0 aliphatic carbocycles. The van der Waals surface area contributed by atoms with Gasteiger partial charge in [0.1, 0.15) is 23.1 Å². The van der Waals surface area contributed by atoms with Crippen molar-refractivity contribution in [2.75, 3.05) is 25.6 Å². The van der Waals surface area contributed by atoms with Gasteiger partial charge in [-0.15, -0.1) is 0 Å². The van der Waals surface area contributed by atoms with Gasteiger partial charge in [-0.3, -0.25) is 4.79 Å². The molecule has 1 atom stereocenters. The van der Waals surface area contributed by atoms with Crippen LogP contribution in [0.15, 0.2) is 30.6 Å². The second-order valence-corrected chi connectivity index (χ2v) is 5.50. The smallest absolute Gasteiger partial charge is 0.271 e. The van der Waals surface area contributed by atoms with Gasteiger partial charge in [0.15, 0.2) is 0 Å². The van der Waals surface area contributed by atoms with Crippen LogP contribution in [0.25, 0.3) is 0 Å². The number of carbonyl (C=O) groups is 1. The molecule has 0 bridgehead atoms. The highest BCUT2D eigenvalue weighted by molar-refractivity contribution is 5.92. The maximum Gasteiger partial charge on any atom is 0.271 e. The summed E-state index contributed by atoms with van der Waals surface area (Å²) in [6.07, 6.45) is 3.54. The number of halogens is 1. The first kappa shape index (κ1) is 15.2. The van der Waals surface area contributed by atoms with Crippen molar-refractivity contribution in [3.63, 3.8) is 0 Å². The number of nitrogens with one attached hydrogen (secondary N) is 1. The Kier molecular flexibility index (Phi) is 4.10. The number of ether oxygens (including phenoxy) is 1. The zero-order chi connectivity index (χ0) is 16.4. The van der Waals surface area contributed by atoms with E-state index >= 15 is 0 Å². The van der Waals surface area contributed by atoms with E-state index in [2.05, 4.69) is 15.3 Å². The van der Waals surface area contributed by atoms with Crippen molar-refractivity contribution in [3.05, 3.63) is 47.7 Å². The van der Waals surface area contributed by atoms with E-state index in [1.165, 1.54) is 24.5 Å². The minimum atomic E-state index is -0.358. The van der Waals surface area contributed by atoms with Crippen LogP contribution < -0.4 is 15.0 Å². The van der Waals surface area contributed by atoms with Gasteiger partial charge in [-0.25, -0.2) is 14.4 Å². The van der Waals surface area contributed by atoms with Gasteiger partial charge in [-0.1, -0.05) is 0 Å². The van der Waals surface area contributed by atoms with Crippen LogP contribution in [-0.2, 0) is 0 Å². The number of fused-ring (bicyclic) bond motifs is 1. The fourth-order valence-electron chi connectivity index (χ4n) is 2.42. The van der Waals surface area contributed by atoms with Crippen LogP contribution in [0.5, 0.6) is 5.75 Å². The minimum absolute atomic E-state index is 0.222. The Labute approximate surface area is 133 Å². The fourth-order valence-corrected chi connectivity index (χ4v) is 2.42. The maximum atomic E-state index is 13.5. The summed E-state index contributed by atoms with van der Waals surface area (Å²) in [7, 11) is 3.69. The molecule has 1 aliphatic heterocycles. The standard InChI is InChI=1S/C16H17FN4O2/c1-21(2)15-9-18-13(8-19-15)16(22)20-12-5-6-23-14-4-3-10(17)7-11(12)14/h3-4,7-9,12H,5-6H2,1-2H3,(H,20,22). The molecule has 1 aliphatic rings. The van der Waals surface area contributed by atoms with Crippen LogP contribution in [0.2, 0.25) is 0 Å². The average molecular weight is 316 g/mol. The van der Waals surface area contributed by atoms with Gasteiger partial charge in [0.25, 0.3) is 5.91 Å². The van der Waals surface area contributed by atoms with Crippen LogP contribution in [0.4, 0.5) is 10.2 Å². The number of aromatic nitrogens is 2. The number of rotatable bonds is 3. The average Bonchev–Trinajstić information content (AvgIpc) is 2.55. The third-order valence-corrected chi connectivity index (χ3v) is 3.65. The molecule has 1 amide bonds. The van der Waals surface area contributed by atoms with E-state index in [1.54, 1.807) is 11.0 Å². The Morgan fingerprint density at radius 3 is 2.87 bits per heavy atom. The largest absolute Gasteiger partial charge is 0.493 e. The van der Waals surface area contributed by atoms with Gasteiger partial charge in [0, 0.05) is 26.1 Å². The third kappa shape index (κ3) is 3.23. The number of hydrogen-bond donors (Lipinski definition) is 1. The first-order chi connectivity index (χ1) is 11.0. The molecule has 120 valence electrons. The van der Waals surface area contributed by atoms with Gasteiger partial charge in [-0.05, 0) is 18.2 Å². The summed E-state index contributed by atoms with van der Waals surface area (Å²) in [5.41, 5.74) is 0.863. The number of anilines is 1. The second kappa shape index (κ2) is 6.20. The van der Waals surface area contributed by atoms with E-state index in [9.17, 15) is 9.18 Å². The van der Waals surface area contributed by atoms with E-state index in [4.69, 9.17) is 4.74 Å². The lowest BCUT2D eigenvalue weighted by atomic mass is 10.0. The normalized spacial score (nSPS) is 16.2. The molecule has 0 radical (unpaired) electrons. The van der Waals surface area contributed by atoms with Gasteiger partial charge in [-0.2, -0.15) is 0 Å². The molecule has 1 unspecified atom stereocenters. The second-order valence-electron chi connectivity index (χ2n) is 5.50. The van der Waals surface area contributed by atoms with Crippen LogP contribution in [0.1, 0.15) is 28.5 Å². The molecule has 0 spiro atoms. The number of benzene rings is 1. The van der Waals surface area contributed by atoms with Crippen LogP contribution in [0.3, 0.4) is 0 Å². The van der Waals surface area contributed by atoms with Crippen LogP contribution >= 0.6 is 0 Å². The van der Waals surface area contributed by atoms with Gasteiger partial charge in [0.05, 0.1) is 25.0 Å². The Bertz CT molecular complexity index is 719. The molecule has 0 saturated carbocycles. The summed E-state index contributed by atoms with van der Waals surface area (Å²) < 4.78 is 18.9. The molecule has 7 heteroatoms. The molecular formula is C16H17FN4O2. The predicted molar refractivity (Wildman–Crippen MR) is 83.1 cm³/mol. The SMILES string of the molecule is CN(C)c1cnc(C(=O)NC2CCOc3ccc(F)cc32)cn1. The highest BCUT2D eigenvalue weighted by Gasteiger charge is 2.24. The Morgan fingerprint density at radius 1 is 1.35 bits per heavy atom. The van der Waals surface area contributed by atoms with E-state index in [0.29, 0.717) is 30.2 Å². The van der Waals surface area contributed by atoms with Gasteiger partial charge < -0.3 is 15.0 Å². The lowest BCUT2D eigenvalue weighted by Crippen LogP contribution is -2.32. The van der Waals surface area contributed by atoms with E-state index in [0.717, 1.165) is 0 Å². The van der Waals surface area contributed by atoms with Crippen molar-refractivity contribution in [2.45, 2.75) is 12.5 Å². The summed E-state index contributed by atoms with van der Waals surface area (Å²) in [5.74, 6) is 0.561. The topological polar surface area (TPSA) is 67.4 Å². The van der Waals surface area contributed by atoms with Crippen molar-refractivity contribution < 1.29 is 13.9 Å². The molecule has 2 aromatic rings. The highest BCUT2D eigenvalue weighted by atomic mass is 19.1. The van der Waals surface area contributed by atoms with Gasteiger partial charge >= 0.3 is 0 Å². The van der Waals surface area contributed by atoms with Crippen molar-refractivity contribution in [2.24, 2.45) is 0 Å². The lowest BCUT2D eigenvalue weighted by Gasteiger charge is -2.26. The molecule has 0 saturated heterocycles. The Morgan fingerprint density at radius 2 is 2.17 bits per heavy atom. The van der Waals surface area contributed by atoms with Crippen molar-refractivity contribution >= 4 is 11.7 Å². The monoisotopic (exact) mass is 316 g/mol. The Balaban J connectivity index is 1.77. The van der Waals surface area contributed by atoms with Crippen molar-refractivity contribution in [1.29, 1.82) is 0 Å². The number of nitrogens with zero attached hydrogens (tertiary/aromatic N) is 3. The maximum absolute atomic E-state index is 13.5. The van der Waals surface area contributed by atoms with Crippen LogP contribution in [0, 0.1) is 5.82 Å². The first-order valence-electron chi connectivity index (χ1n) is 7.27. The Hall–Kier alpha value is -2.70. The summed E-state index contributed by atoms with van der Waals surface area (Å²) in [6.45, 7) is 0.467. The molecule has 2 heterocycles. The number of amides is 1. The molecule has 3 rings (SSSR count). The molecule has 6 nitrogen and oxygen atoms in total. The number of hydrogen-bond acceptors (Lipinski definition) is 5. The quantitative estimate of drug-likeness (QED) is 0.937. The molecule has 1 aromatic heterocycles. The number of carbonyl (C=O) groups excluding carboxylic acids is 1. The molecule has 1 N–H and O–H groups in total. The molecule has 1 aromatic carbocycles. The van der Waals surface area contributed by atoms with Crippen molar-refractivity contribution in [3.8, 4) is 5.75 Å². The summed E-state index contributed by atoms with van der Waals surface area (Å²) >= 11 is 0. The molecule has 0 fully saturated rings. The van der Waals surface area contributed by atoms with Crippen molar-refractivity contribution in [1.82, 2.24) is 15.3 Å². The van der Waals surface area contributed by atoms with Gasteiger partial charge in [0.2, 0.25) is 0 Å².